The molecular weight excluding hydrogens is 438 g/mol. The van der Waals surface area contributed by atoms with E-state index in [4.69, 9.17) is 0 Å². The fourth-order valence-corrected chi connectivity index (χ4v) is 5.23. The Hall–Kier alpha value is -2.89. The summed E-state index contributed by atoms with van der Waals surface area (Å²) in [5, 5.41) is 20.9. The first-order valence-corrected chi connectivity index (χ1v) is 10.7. The molecule has 150 valence electrons. The third-order valence-corrected chi connectivity index (χ3v) is 6.65. The minimum absolute atomic E-state index is 0.0221. The molecule has 1 fully saturated rings. The Balaban J connectivity index is 2.03. The number of carbonyl (C=O) groups is 1. The Kier molecular flexibility index (Phi) is 4.83. The van der Waals surface area contributed by atoms with Crippen molar-refractivity contribution in [1.29, 1.82) is 10.5 Å². The molecule has 0 N–H and O–H groups in total. The summed E-state index contributed by atoms with van der Waals surface area (Å²) >= 11 is 3.51. The third kappa shape index (κ3) is 2.89. The van der Waals surface area contributed by atoms with Gasteiger partial charge in [0.2, 0.25) is 0 Å². The van der Waals surface area contributed by atoms with E-state index in [2.05, 4.69) is 28.1 Å². The molecule has 0 aromatic heterocycles. The lowest BCUT2D eigenvalue weighted by Gasteiger charge is -2.36. The zero-order chi connectivity index (χ0) is 21.7. The highest BCUT2D eigenvalue weighted by Crippen LogP contribution is 2.60. The van der Waals surface area contributed by atoms with Gasteiger partial charge in [-0.15, -0.1) is 0 Å². The second-order valence-electron chi connectivity index (χ2n) is 8.98. The van der Waals surface area contributed by atoms with Crippen LogP contribution in [-0.2, 0) is 4.79 Å². The number of hydrogen-bond acceptors (Lipinski definition) is 4. The first kappa shape index (κ1) is 20.4. The van der Waals surface area contributed by atoms with Crippen molar-refractivity contribution in [3.8, 4) is 12.1 Å². The number of rotatable bonds is 2. The number of nitrogens with zero attached hydrogens (tertiary/aromatic N) is 3. The Bertz CT molecular complexity index is 1120. The second-order valence-corrected chi connectivity index (χ2v) is 9.89. The van der Waals surface area contributed by atoms with Crippen molar-refractivity contribution in [2.45, 2.75) is 38.8 Å². The van der Waals surface area contributed by atoms with Gasteiger partial charge < -0.3 is 4.90 Å². The topological polar surface area (TPSA) is 67.9 Å². The van der Waals surface area contributed by atoms with Crippen LogP contribution in [0.15, 0.2) is 59.2 Å². The summed E-state index contributed by atoms with van der Waals surface area (Å²) in [5.74, 6) is -0.564. The van der Waals surface area contributed by atoms with Gasteiger partial charge in [-0.1, -0.05) is 73.1 Å². The van der Waals surface area contributed by atoms with Gasteiger partial charge in [0.25, 0.3) is 0 Å². The van der Waals surface area contributed by atoms with Gasteiger partial charge >= 0.3 is 0 Å². The van der Waals surface area contributed by atoms with Crippen LogP contribution in [0.25, 0.3) is 6.08 Å². The van der Waals surface area contributed by atoms with Gasteiger partial charge in [-0.2, -0.15) is 10.5 Å². The van der Waals surface area contributed by atoms with Crippen LogP contribution in [0.4, 0.5) is 0 Å². The molecule has 30 heavy (non-hydrogen) atoms. The molecular formula is C25H22BrN3O. The Morgan fingerprint density at radius 1 is 1.10 bits per heavy atom. The van der Waals surface area contributed by atoms with Crippen LogP contribution in [0.5, 0.6) is 0 Å². The zero-order valence-corrected chi connectivity index (χ0v) is 18.7. The summed E-state index contributed by atoms with van der Waals surface area (Å²) in [4.78, 5) is 15.7. The highest BCUT2D eigenvalue weighted by molar-refractivity contribution is 9.10. The average Bonchev–Trinajstić information content (AvgIpc) is 3.03. The van der Waals surface area contributed by atoms with E-state index >= 15 is 0 Å². The van der Waals surface area contributed by atoms with Gasteiger partial charge in [0.05, 0.1) is 24.2 Å². The smallest absolute Gasteiger partial charge is 0.177 e. The molecule has 0 radical (unpaired) electrons. The number of ketones is 1. The van der Waals surface area contributed by atoms with Crippen molar-refractivity contribution in [2.75, 3.05) is 0 Å². The predicted molar refractivity (Wildman–Crippen MR) is 119 cm³/mol. The first-order chi connectivity index (χ1) is 14.2. The standard InChI is InChI=1S/C25H22BrN3O/c1-24(2,3)23(30)21-20(17-8-6-9-18(26)13-17)25(14-27,15-28)22-19-10-5-4-7-16(19)11-12-29(21)22/h4-13,20-22H,1-3H3. The quantitative estimate of drug-likeness (QED) is 0.586. The molecule has 5 heteroatoms. The van der Waals surface area contributed by atoms with E-state index in [9.17, 15) is 15.3 Å². The fourth-order valence-electron chi connectivity index (χ4n) is 4.81. The summed E-state index contributed by atoms with van der Waals surface area (Å²) in [6.07, 6.45) is 3.86. The maximum absolute atomic E-state index is 13.7. The van der Waals surface area contributed by atoms with E-state index in [1.807, 2.05) is 86.5 Å². The second kappa shape index (κ2) is 7.11. The molecule has 0 amide bonds. The number of Topliss-reactive ketones (excluding diaryl/α,β-unsaturated/α-hetero) is 1. The normalized spacial score (nSPS) is 23.8. The molecule has 0 aliphatic carbocycles. The van der Waals surface area contributed by atoms with Gasteiger partial charge in [-0.25, -0.2) is 0 Å². The molecule has 2 aromatic carbocycles. The summed E-state index contributed by atoms with van der Waals surface area (Å²) < 4.78 is 0.854. The first-order valence-electron chi connectivity index (χ1n) is 9.91. The molecule has 2 aliphatic heterocycles. The molecule has 0 saturated carbocycles. The maximum Gasteiger partial charge on any atom is 0.177 e. The molecule has 4 rings (SSSR count). The van der Waals surface area contributed by atoms with Crippen LogP contribution in [0, 0.1) is 33.5 Å². The molecule has 2 aliphatic rings. The van der Waals surface area contributed by atoms with Crippen LogP contribution in [0.3, 0.4) is 0 Å². The van der Waals surface area contributed by atoms with Gasteiger partial charge in [-0.05, 0) is 34.9 Å². The van der Waals surface area contributed by atoms with Gasteiger partial charge in [0.1, 0.15) is 0 Å². The minimum Gasteiger partial charge on any atom is -0.357 e. The fraction of sp³-hybridized carbons (Fsp3) is 0.320. The number of benzene rings is 2. The summed E-state index contributed by atoms with van der Waals surface area (Å²) in [6, 6.07) is 19.0. The molecule has 0 bridgehead atoms. The Morgan fingerprint density at radius 3 is 2.43 bits per heavy atom. The monoisotopic (exact) mass is 459 g/mol. The molecule has 1 saturated heterocycles. The lowest BCUT2D eigenvalue weighted by Crippen LogP contribution is -2.43. The predicted octanol–water partition coefficient (Wildman–Crippen LogP) is 5.59. The highest BCUT2D eigenvalue weighted by Gasteiger charge is 2.64. The number of halogens is 1. The highest BCUT2D eigenvalue weighted by atomic mass is 79.9. The molecule has 2 heterocycles. The van der Waals surface area contributed by atoms with Crippen LogP contribution >= 0.6 is 15.9 Å². The van der Waals surface area contributed by atoms with E-state index < -0.39 is 28.8 Å². The lowest BCUT2D eigenvalue weighted by atomic mass is 9.66. The van der Waals surface area contributed by atoms with Gasteiger partial charge in [0, 0.05) is 22.0 Å². The van der Waals surface area contributed by atoms with E-state index in [0.29, 0.717) is 0 Å². The largest absolute Gasteiger partial charge is 0.357 e. The minimum atomic E-state index is -1.41. The van der Waals surface area contributed by atoms with Gasteiger partial charge in [0.15, 0.2) is 11.2 Å². The van der Waals surface area contributed by atoms with Crippen LogP contribution in [0.1, 0.15) is 49.4 Å². The number of nitriles is 2. The lowest BCUT2D eigenvalue weighted by molar-refractivity contribution is -0.130. The van der Waals surface area contributed by atoms with Crippen molar-refractivity contribution in [3.05, 3.63) is 75.9 Å². The van der Waals surface area contributed by atoms with Gasteiger partial charge in [-0.3, -0.25) is 4.79 Å². The number of carbonyl (C=O) groups excluding carboxylic acids is 1. The number of fused-ring (bicyclic) bond motifs is 3. The van der Waals surface area contributed by atoms with E-state index in [-0.39, 0.29) is 5.78 Å². The van der Waals surface area contributed by atoms with Crippen molar-refractivity contribution < 1.29 is 4.79 Å². The van der Waals surface area contributed by atoms with Crippen molar-refractivity contribution in [2.24, 2.45) is 10.8 Å². The van der Waals surface area contributed by atoms with Crippen LogP contribution in [-0.4, -0.2) is 16.7 Å². The molecule has 0 spiro atoms. The van der Waals surface area contributed by atoms with E-state index in [1.54, 1.807) is 0 Å². The van der Waals surface area contributed by atoms with Crippen LogP contribution < -0.4 is 0 Å². The summed E-state index contributed by atoms with van der Waals surface area (Å²) in [6.45, 7) is 5.67. The van der Waals surface area contributed by atoms with Crippen molar-refractivity contribution >= 4 is 27.8 Å². The summed E-state index contributed by atoms with van der Waals surface area (Å²) in [5.41, 5.74) is 0.673. The SMILES string of the molecule is CC(C)(C)C(=O)C1C(c2cccc(Br)c2)C(C#N)(C#N)C2c3ccccc3C=CN12. The third-order valence-electron chi connectivity index (χ3n) is 6.16. The Morgan fingerprint density at radius 2 is 1.80 bits per heavy atom. The van der Waals surface area contributed by atoms with Crippen molar-refractivity contribution in [3.63, 3.8) is 0 Å². The molecule has 2 aromatic rings. The molecule has 4 nitrogen and oxygen atoms in total. The average molecular weight is 460 g/mol. The molecule has 3 atom stereocenters. The summed E-state index contributed by atoms with van der Waals surface area (Å²) in [7, 11) is 0. The number of hydrogen-bond donors (Lipinski definition) is 0. The van der Waals surface area contributed by atoms with Crippen LogP contribution in [0.2, 0.25) is 0 Å². The van der Waals surface area contributed by atoms with Crippen molar-refractivity contribution in [1.82, 2.24) is 4.90 Å². The maximum atomic E-state index is 13.7. The zero-order valence-electron chi connectivity index (χ0n) is 17.1. The Labute approximate surface area is 185 Å². The van der Waals surface area contributed by atoms with E-state index in [1.165, 1.54) is 0 Å². The molecule has 3 unspecified atom stereocenters. The van der Waals surface area contributed by atoms with E-state index in [0.717, 1.165) is 21.2 Å².